The van der Waals surface area contributed by atoms with E-state index >= 15 is 0 Å². The van der Waals surface area contributed by atoms with Gasteiger partial charge in [-0.3, -0.25) is 4.98 Å². The third-order valence-corrected chi connectivity index (χ3v) is 5.57. The molecule has 4 nitrogen and oxygen atoms in total. The summed E-state index contributed by atoms with van der Waals surface area (Å²) in [6.07, 6.45) is 4.02. The number of rotatable bonds is 1. The minimum absolute atomic E-state index is 0.0660. The molecule has 2 fully saturated rings. The van der Waals surface area contributed by atoms with Crippen LogP contribution in [0.3, 0.4) is 0 Å². The Labute approximate surface area is 145 Å². The topological polar surface area (TPSA) is 45.6 Å². The van der Waals surface area contributed by atoms with Crippen LogP contribution in [0.4, 0.5) is 10.1 Å². The number of halogens is 2. The molecule has 2 aliphatic heterocycles. The Morgan fingerprint density at radius 3 is 2.92 bits per heavy atom. The van der Waals surface area contributed by atoms with Gasteiger partial charge in [0, 0.05) is 43.6 Å². The van der Waals surface area contributed by atoms with E-state index in [1.54, 1.807) is 12.3 Å². The lowest BCUT2D eigenvalue weighted by Crippen LogP contribution is -2.51. The zero-order chi connectivity index (χ0) is 16.7. The van der Waals surface area contributed by atoms with Crippen LogP contribution in [0.2, 0.25) is 5.02 Å². The average molecular weight is 351 g/mol. The highest BCUT2D eigenvalue weighted by Crippen LogP contribution is 2.42. The number of β-amino-alcohol motifs (C(OH)–C–C–N with tert-alkyl or cyclic N) is 1. The van der Waals surface area contributed by atoms with Crippen molar-refractivity contribution in [3.8, 4) is 0 Å². The van der Waals surface area contributed by atoms with Gasteiger partial charge in [0.2, 0.25) is 0 Å². The molecule has 0 amide bonds. The zero-order valence-corrected chi connectivity index (χ0v) is 14.1. The Bertz CT molecular complexity index is 764. The summed E-state index contributed by atoms with van der Waals surface area (Å²) in [5, 5.41) is 11.2. The summed E-state index contributed by atoms with van der Waals surface area (Å²) >= 11 is 5.88. The molecule has 1 aromatic heterocycles. The van der Waals surface area contributed by atoms with Crippen molar-refractivity contribution < 1.29 is 14.2 Å². The predicted molar refractivity (Wildman–Crippen MR) is 92.0 cm³/mol. The molecule has 128 valence electrons. The summed E-state index contributed by atoms with van der Waals surface area (Å²) in [5.41, 5.74) is 1.64. The normalized spacial score (nSPS) is 23.8. The van der Waals surface area contributed by atoms with Crippen LogP contribution in [-0.4, -0.2) is 42.5 Å². The lowest BCUT2D eigenvalue weighted by Gasteiger charge is -2.48. The first kappa shape index (κ1) is 16.1. The number of aliphatic hydroxyl groups excluding tert-OH is 1. The number of aliphatic hydroxyl groups is 1. The molecule has 0 aliphatic carbocycles. The van der Waals surface area contributed by atoms with Crippen LogP contribution in [0.1, 0.15) is 19.3 Å². The standard InChI is InChI=1S/C18H20ClFN2O2/c19-14-8-16-13(7-15(14)20)17(1-4-21-16)22-10-12(23)9-18(11-22)2-5-24-6-3-18/h1,4,7-8,12,23H,2-3,5-6,9-11H2. The van der Waals surface area contributed by atoms with E-state index < -0.39 is 11.9 Å². The van der Waals surface area contributed by atoms with Crippen molar-refractivity contribution in [2.24, 2.45) is 5.41 Å². The van der Waals surface area contributed by atoms with E-state index in [2.05, 4.69) is 9.88 Å². The first-order chi connectivity index (χ1) is 11.6. The number of ether oxygens (including phenoxy) is 1. The number of nitrogens with zero attached hydrogens (tertiary/aromatic N) is 2. The highest BCUT2D eigenvalue weighted by atomic mass is 35.5. The van der Waals surface area contributed by atoms with Crippen molar-refractivity contribution >= 4 is 28.2 Å². The van der Waals surface area contributed by atoms with Gasteiger partial charge < -0.3 is 14.7 Å². The first-order valence-electron chi connectivity index (χ1n) is 8.31. The number of hydrogen-bond acceptors (Lipinski definition) is 4. The van der Waals surface area contributed by atoms with Gasteiger partial charge >= 0.3 is 0 Å². The van der Waals surface area contributed by atoms with E-state index in [4.69, 9.17) is 16.3 Å². The van der Waals surface area contributed by atoms with Crippen LogP contribution in [0.15, 0.2) is 24.4 Å². The molecular formula is C18H20ClFN2O2. The van der Waals surface area contributed by atoms with Gasteiger partial charge in [0.15, 0.2) is 0 Å². The van der Waals surface area contributed by atoms with Gasteiger partial charge in [0.25, 0.3) is 0 Å². The van der Waals surface area contributed by atoms with Gasteiger partial charge in [-0.25, -0.2) is 4.39 Å². The summed E-state index contributed by atoms with van der Waals surface area (Å²) in [4.78, 5) is 6.46. The summed E-state index contributed by atoms with van der Waals surface area (Å²) in [6.45, 7) is 2.87. The van der Waals surface area contributed by atoms with Crippen molar-refractivity contribution in [1.82, 2.24) is 4.98 Å². The molecule has 2 aromatic rings. The second-order valence-electron chi connectivity index (χ2n) is 6.96. The second kappa shape index (κ2) is 6.14. The minimum atomic E-state index is -0.447. The van der Waals surface area contributed by atoms with Crippen LogP contribution >= 0.6 is 11.6 Å². The van der Waals surface area contributed by atoms with Crippen molar-refractivity contribution in [3.63, 3.8) is 0 Å². The SMILES string of the molecule is OC1CN(c2ccnc3cc(Cl)c(F)cc23)CC2(CCOCC2)C1. The van der Waals surface area contributed by atoms with Crippen LogP contribution < -0.4 is 4.90 Å². The van der Waals surface area contributed by atoms with Crippen molar-refractivity contribution in [2.75, 3.05) is 31.2 Å². The zero-order valence-electron chi connectivity index (χ0n) is 13.3. The molecule has 24 heavy (non-hydrogen) atoms. The molecule has 2 saturated heterocycles. The van der Waals surface area contributed by atoms with E-state index in [0.29, 0.717) is 12.1 Å². The van der Waals surface area contributed by atoms with Crippen molar-refractivity contribution in [2.45, 2.75) is 25.4 Å². The van der Waals surface area contributed by atoms with E-state index in [1.165, 1.54) is 6.07 Å². The summed E-state index contributed by atoms with van der Waals surface area (Å²) < 4.78 is 19.5. The highest BCUT2D eigenvalue weighted by molar-refractivity contribution is 6.31. The predicted octanol–water partition coefficient (Wildman–Crippen LogP) is 3.40. The fourth-order valence-electron chi connectivity index (χ4n) is 4.10. The molecule has 2 aliphatic rings. The molecule has 0 saturated carbocycles. The Morgan fingerprint density at radius 2 is 2.12 bits per heavy atom. The number of pyridine rings is 1. The summed E-state index contributed by atoms with van der Waals surface area (Å²) in [6, 6.07) is 4.89. The number of aromatic nitrogens is 1. The average Bonchev–Trinajstić information content (AvgIpc) is 2.55. The van der Waals surface area contributed by atoms with E-state index in [1.807, 2.05) is 6.07 Å². The maximum absolute atomic E-state index is 14.0. The molecule has 4 rings (SSSR count). The Hall–Kier alpha value is -1.43. The van der Waals surface area contributed by atoms with Crippen LogP contribution in [-0.2, 0) is 4.74 Å². The Morgan fingerprint density at radius 1 is 1.33 bits per heavy atom. The Kier molecular flexibility index (Phi) is 4.11. The molecule has 3 heterocycles. The van der Waals surface area contributed by atoms with E-state index in [-0.39, 0.29) is 10.4 Å². The quantitative estimate of drug-likeness (QED) is 0.856. The smallest absolute Gasteiger partial charge is 0.142 e. The summed E-state index contributed by atoms with van der Waals surface area (Å²) in [5.74, 6) is -0.447. The third-order valence-electron chi connectivity index (χ3n) is 5.28. The molecule has 1 spiro atoms. The van der Waals surface area contributed by atoms with Gasteiger partial charge in [-0.1, -0.05) is 11.6 Å². The molecule has 1 N–H and O–H groups in total. The fourth-order valence-corrected chi connectivity index (χ4v) is 4.26. The molecule has 0 radical (unpaired) electrons. The monoisotopic (exact) mass is 350 g/mol. The molecule has 1 unspecified atom stereocenters. The number of hydrogen-bond donors (Lipinski definition) is 1. The number of piperidine rings is 1. The van der Waals surface area contributed by atoms with Crippen LogP contribution in [0, 0.1) is 11.2 Å². The lowest BCUT2D eigenvalue weighted by atomic mass is 9.73. The van der Waals surface area contributed by atoms with Gasteiger partial charge in [-0.2, -0.15) is 0 Å². The molecule has 1 atom stereocenters. The van der Waals surface area contributed by atoms with E-state index in [0.717, 1.165) is 50.1 Å². The number of fused-ring (bicyclic) bond motifs is 1. The summed E-state index contributed by atoms with van der Waals surface area (Å²) in [7, 11) is 0. The first-order valence-corrected chi connectivity index (χ1v) is 8.69. The minimum Gasteiger partial charge on any atom is -0.391 e. The van der Waals surface area contributed by atoms with E-state index in [9.17, 15) is 9.50 Å². The third kappa shape index (κ3) is 2.85. The largest absolute Gasteiger partial charge is 0.391 e. The van der Waals surface area contributed by atoms with Crippen molar-refractivity contribution in [1.29, 1.82) is 0 Å². The van der Waals surface area contributed by atoms with Gasteiger partial charge in [-0.15, -0.1) is 0 Å². The van der Waals surface area contributed by atoms with Gasteiger partial charge in [-0.05, 0) is 42.9 Å². The van der Waals surface area contributed by atoms with Crippen LogP contribution in [0.25, 0.3) is 10.9 Å². The lowest BCUT2D eigenvalue weighted by molar-refractivity contribution is -0.0212. The highest BCUT2D eigenvalue weighted by Gasteiger charge is 2.40. The molecule has 0 bridgehead atoms. The molecule has 6 heteroatoms. The Balaban J connectivity index is 1.74. The van der Waals surface area contributed by atoms with Crippen LogP contribution in [0.5, 0.6) is 0 Å². The second-order valence-corrected chi connectivity index (χ2v) is 7.37. The maximum atomic E-state index is 14.0. The molecule has 1 aromatic carbocycles. The fraction of sp³-hybridized carbons (Fsp3) is 0.500. The molecular weight excluding hydrogens is 331 g/mol. The van der Waals surface area contributed by atoms with Crippen molar-refractivity contribution in [3.05, 3.63) is 35.2 Å². The number of benzene rings is 1. The maximum Gasteiger partial charge on any atom is 0.142 e. The van der Waals surface area contributed by atoms with Gasteiger partial charge in [0.05, 0.1) is 16.6 Å². The number of anilines is 1. The van der Waals surface area contributed by atoms with Gasteiger partial charge in [0.1, 0.15) is 5.82 Å².